The first-order valence-corrected chi connectivity index (χ1v) is 12.4. The molecule has 0 spiro atoms. The number of H-pyrrole nitrogens is 1. The molecule has 2 heterocycles. The first-order chi connectivity index (χ1) is 17.5. The van der Waals surface area contributed by atoms with Gasteiger partial charge in [-0.05, 0) is 49.9 Å². The van der Waals surface area contributed by atoms with Crippen LogP contribution in [0.15, 0.2) is 53.7 Å². The Hall–Kier alpha value is -4.14. The van der Waals surface area contributed by atoms with Crippen molar-refractivity contribution in [3.63, 3.8) is 0 Å². The number of nitrogens with one attached hydrogen (secondary N) is 3. The van der Waals surface area contributed by atoms with E-state index >= 15 is 0 Å². The standard InChI is InChI=1S/C27H32N8O/c1-16-10-11-21-19(14-16)24(33-22-8-4-5-9-23(22)34-27(28)29)35-25(32-21)26(36)30-13-12-17-15-31-20-7-3-2-6-18(17)20/h2-3,6-7,10-11,14-15,22-23,31H,4-5,8-9,12-13H2,1H3,(H,30,36)(H4,28,29,34)(H,32,33,35). The Bertz CT molecular complexity index is 1420. The van der Waals surface area contributed by atoms with Crippen LogP contribution in [0, 0.1) is 6.92 Å². The highest BCUT2D eigenvalue weighted by Crippen LogP contribution is 2.28. The number of aryl methyl sites for hydroxylation is 1. The Kier molecular flexibility index (Phi) is 6.71. The summed E-state index contributed by atoms with van der Waals surface area (Å²) in [7, 11) is 0. The van der Waals surface area contributed by atoms with Gasteiger partial charge in [-0.15, -0.1) is 0 Å². The quantitative estimate of drug-likeness (QED) is 0.201. The van der Waals surface area contributed by atoms with Gasteiger partial charge in [-0.2, -0.15) is 0 Å². The molecule has 1 aliphatic rings. The zero-order chi connectivity index (χ0) is 25.1. The minimum atomic E-state index is -0.301. The number of nitrogens with zero attached hydrogens (tertiary/aromatic N) is 3. The number of aromatic amines is 1. The number of benzene rings is 2. The van der Waals surface area contributed by atoms with E-state index in [1.165, 1.54) is 5.39 Å². The van der Waals surface area contributed by atoms with Crippen LogP contribution < -0.4 is 22.1 Å². The van der Waals surface area contributed by atoms with Crippen molar-refractivity contribution in [2.45, 2.75) is 51.1 Å². The van der Waals surface area contributed by atoms with Crippen LogP contribution >= 0.6 is 0 Å². The summed E-state index contributed by atoms with van der Waals surface area (Å²) in [6.45, 7) is 2.51. The van der Waals surface area contributed by atoms with Crippen LogP contribution in [0.1, 0.15) is 47.4 Å². The Morgan fingerprint density at radius 2 is 1.94 bits per heavy atom. The number of carbonyl (C=O) groups excluding carboxylic acids is 1. The lowest BCUT2D eigenvalue weighted by atomic mass is 9.90. The fourth-order valence-electron chi connectivity index (χ4n) is 4.98. The number of nitrogens with two attached hydrogens (primary N) is 2. The molecule has 9 nitrogen and oxygen atoms in total. The Labute approximate surface area is 209 Å². The molecule has 1 saturated carbocycles. The first kappa shape index (κ1) is 23.6. The highest BCUT2D eigenvalue weighted by atomic mass is 16.2. The van der Waals surface area contributed by atoms with Gasteiger partial charge in [-0.1, -0.05) is 42.7 Å². The van der Waals surface area contributed by atoms with E-state index in [1.807, 2.05) is 49.5 Å². The smallest absolute Gasteiger partial charge is 0.289 e. The average molecular weight is 485 g/mol. The van der Waals surface area contributed by atoms with Gasteiger partial charge in [0.15, 0.2) is 5.96 Å². The van der Waals surface area contributed by atoms with Crippen molar-refractivity contribution >= 4 is 39.5 Å². The number of anilines is 1. The van der Waals surface area contributed by atoms with Crippen molar-refractivity contribution in [1.82, 2.24) is 20.3 Å². The second kappa shape index (κ2) is 10.2. The molecule has 5 rings (SSSR count). The van der Waals surface area contributed by atoms with E-state index in [2.05, 4.69) is 36.6 Å². The largest absolute Gasteiger partial charge is 0.370 e. The van der Waals surface area contributed by atoms with Crippen molar-refractivity contribution in [3.05, 3.63) is 65.6 Å². The molecule has 1 amide bonds. The molecule has 36 heavy (non-hydrogen) atoms. The highest BCUT2D eigenvalue weighted by Gasteiger charge is 2.26. The fourth-order valence-corrected chi connectivity index (χ4v) is 4.98. The van der Waals surface area contributed by atoms with Crippen molar-refractivity contribution in [2.24, 2.45) is 16.5 Å². The predicted molar refractivity (Wildman–Crippen MR) is 144 cm³/mol. The summed E-state index contributed by atoms with van der Waals surface area (Å²) in [4.78, 5) is 30.0. The molecular formula is C27H32N8O. The number of hydrogen-bond acceptors (Lipinski definition) is 5. The lowest BCUT2D eigenvalue weighted by Gasteiger charge is -2.30. The van der Waals surface area contributed by atoms with Crippen molar-refractivity contribution < 1.29 is 4.79 Å². The third-order valence-electron chi connectivity index (χ3n) is 6.78. The SMILES string of the molecule is Cc1ccc2nc(C(=O)NCCc3c[nH]c4ccccc34)nc(NC3CCCCC3N=C(N)N)c2c1. The normalized spacial score (nSPS) is 17.7. The maximum atomic E-state index is 13.1. The number of fused-ring (bicyclic) bond motifs is 2. The summed E-state index contributed by atoms with van der Waals surface area (Å²) < 4.78 is 0. The zero-order valence-electron chi connectivity index (χ0n) is 20.4. The number of amides is 1. The number of rotatable bonds is 7. The summed E-state index contributed by atoms with van der Waals surface area (Å²) in [5.41, 5.74) is 15.4. The highest BCUT2D eigenvalue weighted by molar-refractivity contribution is 5.96. The van der Waals surface area contributed by atoms with Gasteiger partial charge in [0.1, 0.15) is 5.82 Å². The summed E-state index contributed by atoms with van der Waals surface area (Å²) in [6.07, 6.45) is 6.68. The van der Waals surface area contributed by atoms with Crippen LogP contribution in [0.4, 0.5) is 5.82 Å². The summed E-state index contributed by atoms with van der Waals surface area (Å²) in [5.74, 6) is 0.562. The van der Waals surface area contributed by atoms with Gasteiger partial charge in [0.25, 0.3) is 5.91 Å². The van der Waals surface area contributed by atoms with Crippen LogP contribution in [0.25, 0.3) is 21.8 Å². The molecule has 0 aliphatic heterocycles. The Morgan fingerprint density at radius 3 is 2.81 bits per heavy atom. The van der Waals surface area contributed by atoms with Gasteiger partial charge in [-0.25, -0.2) is 15.0 Å². The third kappa shape index (κ3) is 5.10. The van der Waals surface area contributed by atoms with Gasteiger partial charge in [0.05, 0.1) is 17.6 Å². The number of guanidine groups is 1. The van der Waals surface area contributed by atoms with Gasteiger partial charge in [-0.3, -0.25) is 4.79 Å². The van der Waals surface area contributed by atoms with Crippen LogP contribution in [0.2, 0.25) is 0 Å². The lowest BCUT2D eigenvalue weighted by Crippen LogP contribution is -2.38. The van der Waals surface area contributed by atoms with Crippen LogP contribution in [0.3, 0.4) is 0 Å². The number of aromatic nitrogens is 3. The Morgan fingerprint density at radius 1 is 1.11 bits per heavy atom. The van der Waals surface area contributed by atoms with Gasteiger partial charge in [0.2, 0.25) is 5.82 Å². The molecular weight excluding hydrogens is 452 g/mol. The molecule has 186 valence electrons. The van der Waals surface area contributed by atoms with Crippen LogP contribution in [-0.4, -0.2) is 45.4 Å². The number of para-hydroxylation sites is 1. The average Bonchev–Trinajstić information content (AvgIpc) is 3.28. The molecule has 0 saturated heterocycles. The zero-order valence-corrected chi connectivity index (χ0v) is 20.4. The van der Waals surface area contributed by atoms with E-state index < -0.39 is 0 Å². The molecule has 1 aliphatic carbocycles. The molecule has 2 aromatic carbocycles. The first-order valence-electron chi connectivity index (χ1n) is 12.4. The van der Waals surface area contributed by atoms with Gasteiger partial charge >= 0.3 is 0 Å². The third-order valence-corrected chi connectivity index (χ3v) is 6.78. The molecule has 7 N–H and O–H groups in total. The molecule has 4 aromatic rings. The summed E-state index contributed by atoms with van der Waals surface area (Å²) in [6, 6.07) is 14.1. The number of aliphatic imine (C=N–C) groups is 1. The van der Waals surface area contributed by atoms with E-state index in [0.717, 1.165) is 47.7 Å². The molecule has 2 aromatic heterocycles. The van der Waals surface area contributed by atoms with Gasteiger partial charge in [0, 0.05) is 29.0 Å². The maximum absolute atomic E-state index is 13.1. The molecule has 9 heteroatoms. The molecule has 0 bridgehead atoms. The second-order valence-electron chi connectivity index (χ2n) is 9.44. The molecule has 0 radical (unpaired) electrons. The molecule has 1 fully saturated rings. The fraction of sp³-hybridized carbons (Fsp3) is 0.333. The monoisotopic (exact) mass is 484 g/mol. The van der Waals surface area contributed by atoms with E-state index in [1.54, 1.807) is 0 Å². The predicted octanol–water partition coefficient (Wildman–Crippen LogP) is 3.39. The van der Waals surface area contributed by atoms with E-state index in [0.29, 0.717) is 24.3 Å². The van der Waals surface area contributed by atoms with Crippen LogP contribution in [-0.2, 0) is 6.42 Å². The van der Waals surface area contributed by atoms with Crippen molar-refractivity contribution in [2.75, 3.05) is 11.9 Å². The minimum Gasteiger partial charge on any atom is -0.370 e. The summed E-state index contributed by atoms with van der Waals surface area (Å²) in [5, 5.41) is 8.57. The molecule has 2 atom stereocenters. The van der Waals surface area contributed by atoms with Crippen molar-refractivity contribution in [3.8, 4) is 0 Å². The minimum absolute atomic E-state index is 0.0252. The number of carbonyl (C=O) groups is 1. The van der Waals surface area contributed by atoms with Crippen LogP contribution in [0.5, 0.6) is 0 Å². The molecule has 2 unspecified atom stereocenters. The topological polar surface area (TPSA) is 147 Å². The number of hydrogen-bond donors (Lipinski definition) is 5. The maximum Gasteiger partial charge on any atom is 0.289 e. The Balaban J connectivity index is 1.37. The van der Waals surface area contributed by atoms with E-state index in [9.17, 15) is 4.79 Å². The summed E-state index contributed by atoms with van der Waals surface area (Å²) >= 11 is 0. The van der Waals surface area contributed by atoms with E-state index in [-0.39, 0.29) is 29.8 Å². The van der Waals surface area contributed by atoms with Crippen molar-refractivity contribution in [1.29, 1.82) is 0 Å². The lowest BCUT2D eigenvalue weighted by molar-refractivity contribution is 0.0944. The van der Waals surface area contributed by atoms with E-state index in [4.69, 9.17) is 11.5 Å². The van der Waals surface area contributed by atoms with Gasteiger partial charge < -0.3 is 27.1 Å². The second-order valence-corrected chi connectivity index (χ2v) is 9.44.